The first-order valence-electron chi connectivity index (χ1n) is 8.62. The van der Waals surface area contributed by atoms with Gasteiger partial charge in [0.2, 0.25) is 11.8 Å². The molecule has 4 nitrogen and oxygen atoms in total. The molecule has 2 aliphatic heterocycles. The number of nitrogens with zero attached hydrogens (tertiary/aromatic N) is 2. The van der Waals surface area contributed by atoms with Crippen LogP contribution in [-0.2, 0) is 15.8 Å². The molecule has 136 valence electrons. The van der Waals surface area contributed by atoms with Gasteiger partial charge in [-0.2, -0.15) is 13.2 Å². The van der Waals surface area contributed by atoms with Crippen molar-refractivity contribution in [3.05, 3.63) is 29.8 Å². The summed E-state index contributed by atoms with van der Waals surface area (Å²) in [6, 6.07) is 4.71. The fraction of sp³-hybridized carbons (Fsp3) is 0.556. The fourth-order valence-corrected chi connectivity index (χ4v) is 3.52. The molecule has 2 amide bonds. The summed E-state index contributed by atoms with van der Waals surface area (Å²) in [4.78, 5) is 28.1. The molecule has 25 heavy (non-hydrogen) atoms. The average molecular weight is 354 g/mol. The Hall–Kier alpha value is -2.05. The van der Waals surface area contributed by atoms with Crippen molar-refractivity contribution < 1.29 is 22.8 Å². The van der Waals surface area contributed by atoms with E-state index in [1.54, 1.807) is 4.90 Å². The summed E-state index contributed by atoms with van der Waals surface area (Å²) in [5.74, 6) is -0.822. The molecule has 7 heteroatoms. The normalized spacial score (nSPS) is 22.2. The van der Waals surface area contributed by atoms with Gasteiger partial charge in [-0.1, -0.05) is 18.9 Å². The van der Waals surface area contributed by atoms with Gasteiger partial charge in [-0.3, -0.25) is 9.59 Å². The predicted octanol–water partition coefficient (Wildman–Crippen LogP) is 3.46. The molecule has 0 radical (unpaired) electrons. The van der Waals surface area contributed by atoms with Crippen molar-refractivity contribution in [3.8, 4) is 0 Å². The summed E-state index contributed by atoms with van der Waals surface area (Å²) >= 11 is 0. The molecule has 1 aromatic rings. The van der Waals surface area contributed by atoms with Gasteiger partial charge in [0.05, 0.1) is 11.5 Å². The Kier molecular flexibility index (Phi) is 5.01. The molecule has 2 saturated heterocycles. The van der Waals surface area contributed by atoms with Crippen LogP contribution in [0, 0.1) is 5.92 Å². The molecule has 2 heterocycles. The summed E-state index contributed by atoms with van der Waals surface area (Å²) in [6.45, 7) is 1.55. The maximum Gasteiger partial charge on any atom is 0.416 e. The number of benzene rings is 1. The van der Waals surface area contributed by atoms with Crippen molar-refractivity contribution >= 4 is 17.5 Å². The van der Waals surface area contributed by atoms with Gasteiger partial charge in [0.15, 0.2) is 0 Å². The minimum absolute atomic E-state index is 0.0512. The van der Waals surface area contributed by atoms with Gasteiger partial charge < -0.3 is 9.80 Å². The summed E-state index contributed by atoms with van der Waals surface area (Å²) in [7, 11) is 0. The van der Waals surface area contributed by atoms with E-state index < -0.39 is 17.7 Å². The van der Waals surface area contributed by atoms with Crippen molar-refractivity contribution in [1.29, 1.82) is 0 Å². The number of alkyl halides is 3. The van der Waals surface area contributed by atoms with Crippen LogP contribution in [0.4, 0.5) is 18.9 Å². The molecule has 0 saturated carbocycles. The van der Waals surface area contributed by atoms with Crippen LogP contribution >= 0.6 is 0 Å². The van der Waals surface area contributed by atoms with Gasteiger partial charge >= 0.3 is 6.18 Å². The predicted molar refractivity (Wildman–Crippen MR) is 87.0 cm³/mol. The standard InChI is InChI=1S/C18H21F3N2O2/c19-18(20,21)14-6-5-7-15(11-14)23-12-13(10-16(23)24)17(25)22-8-3-1-2-4-9-22/h5-7,11,13H,1-4,8-10,12H2/t13-/m0/s1. The second-order valence-corrected chi connectivity index (χ2v) is 6.69. The molecule has 0 spiro atoms. The molecule has 1 atom stereocenters. The first-order chi connectivity index (χ1) is 11.9. The summed E-state index contributed by atoms with van der Waals surface area (Å²) < 4.78 is 38.6. The van der Waals surface area contributed by atoms with Crippen LogP contribution in [0.3, 0.4) is 0 Å². The minimum atomic E-state index is -4.46. The quantitative estimate of drug-likeness (QED) is 0.816. The monoisotopic (exact) mass is 354 g/mol. The van der Waals surface area contributed by atoms with Gasteiger partial charge in [-0.05, 0) is 31.0 Å². The maximum absolute atomic E-state index is 12.9. The Bertz CT molecular complexity index is 652. The van der Waals surface area contributed by atoms with E-state index in [0.717, 1.165) is 37.8 Å². The van der Waals surface area contributed by atoms with Gasteiger partial charge in [0.25, 0.3) is 0 Å². The number of likely N-dealkylation sites (tertiary alicyclic amines) is 1. The maximum atomic E-state index is 12.9. The topological polar surface area (TPSA) is 40.6 Å². The Morgan fingerprint density at radius 1 is 1.08 bits per heavy atom. The molecule has 0 aromatic heterocycles. The van der Waals surface area contributed by atoms with Crippen LogP contribution in [0.2, 0.25) is 0 Å². The number of anilines is 1. The molecule has 2 aliphatic rings. The highest BCUT2D eigenvalue weighted by atomic mass is 19.4. The zero-order chi connectivity index (χ0) is 18.0. The zero-order valence-electron chi connectivity index (χ0n) is 13.9. The van der Waals surface area contributed by atoms with E-state index in [1.807, 2.05) is 0 Å². The molecule has 1 aromatic carbocycles. The smallest absolute Gasteiger partial charge is 0.342 e. The van der Waals surface area contributed by atoms with E-state index in [4.69, 9.17) is 0 Å². The van der Waals surface area contributed by atoms with Crippen molar-refractivity contribution in [2.75, 3.05) is 24.5 Å². The van der Waals surface area contributed by atoms with E-state index in [-0.39, 0.29) is 30.5 Å². The van der Waals surface area contributed by atoms with Crippen LogP contribution in [-0.4, -0.2) is 36.3 Å². The van der Waals surface area contributed by atoms with Gasteiger partial charge in [0.1, 0.15) is 0 Å². The lowest BCUT2D eigenvalue weighted by molar-refractivity contribution is -0.137. The first-order valence-corrected chi connectivity index (χ1v) is 8.62. The summed E-state index contributed by atoms with van der Waals surface area (Å²) in [6.07, 6.45) is -0.271. The average Bonchev–Trinajstić information content (AvgIpc) is 2.79. The summed E-state index contributed by atoms with van der Waals surface area (Å²) in [5, 5.41) is 0. The highest BCUT2D eigenvalue weighted by Gasteiger charge is 2.38. The Morgan fingerprint density at radius 3 is 2.40 bits per heavy atom. The third-order valence-corrected chi connectivity index (χ3v) is 4.88. The molecular weight excluding hydrogens is 333 g/mol. The molecule has 0 N–H and O–H groups in total. The SMILES string of the molecule is O=C([C@H]1CC(=O)N(c2cccc(C(F)(F)F)c2)C1)N1CCCCCC1. The number of rotatable bonds is 2. The lowest BCUT2D eigenvalue weighted by Gasteiger charge is -2.24. The molecule has 0 bridgehead atoms. The van der Waals surface area contributed by atoms with E-state index in [9.17, 15) is 22.8 Å². The van der Waals surface area contributed by atoms with Gasteiger partial charge in [-0.25, -0.2) is 0 Å². The highest BCUT2D eigenvalue weighted by Crippen LogP contribution is 2.33. The van der Waals surface area contributed by atoms with Crippen molar-refractivity contribution in [1.82, 2.24) is 4.90 Å². The van der Waals surface area contributed by atoms with E-state index >= 15 is 0 Å². The molecule has 2 fully saturated rings. The van der Waals surface area contributed by atoms with Crippen LogP contribution in [0.5, 0.6) is 0 Å². The first kappa shape index (κ1) is 17.8. The molecular formula is C18H21F3N2O2. The third-order valence-electron chi connectivity index (χ3n) is 4.88. The van der Waals surface area contributed by atoms with E-state index in [1.165, 1.54) is 17.0 Å². The molecule has 0 unspecified atom stereocenters. The Labute approximate surface area is 144 Å². The van der Waals surface area contributed by atoms with Crippen LogP contribution in [0.15, 0.2) is 24.3 Å². The molecule has 0 aliphatic carbocycles. The van der Waals surface area contributed by atoms with E-state index in [0.29, 0.717) is 13.1 Å². The lowest BCUT2D eigenvalue weighted by atomic mass is 10.1. The van der Waals surface area contributed by atoms with Crippen molar-refractivity contribution in [3.63, 3.8) is 0 Å². The van der Waals surface area contributed by atoms with Gasteiger partial charge in [-0.15, -0.1) is 0 Å². The number of halogens is 3. The Morgan fingerprint density at radius 2 is 1.76 bits per heavy atom. The lowest BCUT2D eigenvalue weighted by Crippen LogP contribution is -2.38. The van der Waals surface area contributed by atoms with Gasteiger partial charge in [0, 0.05) is 31.7 Å². The number of amides is 2. The largest absolute Gasteiger partial charge is 0.416 e. The Balaban J connectivity index is 1.73. The minimum Gasteiger partial charge on any atom is -0.342 e. The van der Waals surface area contributed by atoms with Crippen LogP contribution in [0.25, 0.3) is 0 Å². The summed E-state index contributed by atoms with van der Waals surface area (Å²) in [5.41, 5.74) is -0.592. The zero-order valence-corrected chi connectivity index (χ0v) is 13.9. The number of hydrogen-bond donors (Lipinski definition) is 0. The van der Waals surface area contributed by atoms with Crippen molar-refractivity contribution in [2.45, 2.75) is 38.3 Å². The number of hydrogen-bond acceptors (Lipinski definition) is 2. The number of carbonyl (C=O) groups is 2. The van der Waals surface area contributed by atoms with Crippen molar-refractivity contribution in [2.24, 2.45) is 5.92 Å². The van der Waals surface area contributed by atoms with E-state index in [2.05, 4.69) is 0 Å². The van der Waals surface area contributed by atoms with Crippen LogP contribution in [0.1, 0.15) is 37.7 Å². The fourth-order valence-electron chi connectivity index (χ4n) is 3.52. The third kappa shape index (κ3) is 3.96. The highest BCUT2D eigenvalue weighted by molar-refractivity contribution is 6.00. The molecule has 3 rings (SSSR count). The van der Waals surface area contributed by atoms with Crippen LogP contribution < -0.4 is 4.90 Å². The second kappa shape index (κ2) is 7.06. The second-order valence-electron chi connectivity index (χ2n) is 6.69. The number of carbonyl (C=O) groups excluding carboxylic acids is 2.